The van der Waals surface area contributed by atoms with Crippen molar-refractivity contribution in [1.82, 2.24) is 5.32 Å². The van der Waals surface area contributed by atoms with Crippen LogP contribution in [0, 0.1) is 0 Å². The SMILES string of the molecule is C[C@H]1C[C@@H](NC(=O)OCC2c3ccccc3-c3ccccc32)C[C@@H](CC(=O)O)O1. The fourth-order valence-electron chi connectivity index (χ4n) is 4.50. The van der Waals surface area contributed by atoms with Gasteiger partial charge in [-0.15, -0.1) is 0 Å². The smallest absolute Gasteiger partial charge is 0.407 e. The van der Waals surface area contributed by atoms with E-state index in [1.54, 1.807) is 0 Å². The zero-order chi connectivity index (χ0) is 20.4. The lowest BCUT2D eigenvalue weighted by atomic mass is 9.97. The summed E-state index contributed by atoms with van der Waals surface area (Å²) in [6.45, 7) is 2.15. The van der Waals surface area contributed by atoms with Crippen LogP contribution in [-0.2, 0) is 14.3 Å². The van der Waals surface area contributed by atoms with Crippen LogP contribution < -0.4 is 5.32 Å². The van der Waals surface area contributed by atoms with E-state index in [1.807, 2.05) is 31.2 Å². The van der Waals surface area contributed by atoms with Crippen LogP contribution in [-0.4, -0.2) is 42.0 Å². The van der Waals surface area contributed by atoms with E-state index in [2.05, 4.69) is 29.6 Å². The molecule has 0 unspecified atom stereocenters. The molecule has 2 aliphatic rings. The summed E-state index contributed by atoms with van der Waals surface area (Å²) >= 11 is 0. The van der Waals surface area contributed by atoms with Crippen molar-refractivity contribution in [1.29, 1.82) is 0 Å². The fraction of sp³-hybridized carbons (Fsp3) is 0.391. The normalized spacial score (nSPS) is 23.1. The Kier molecular flexibility index (Phi) is 5.53. The largest absolute Gasteiger partial charge is 0.481 e. The molecule has 0 radical (unpaired) electrons. The summed E-state index contributed by atoms with van der Waals surface area (Å²) in [4.78, 5) is 23.4. The number of aliphatic carboxylic acids is 1. The third-order valence-electron chi connectivity index (χ3n) is 5.66. The molecule has 2 N–H and O–H groups in total. The number of rotatable bonds is 5. The first-order valence-electron chi connectivity index (χ1n) is 10.00. The van der Waals surface area contributed by atoms with Gasteiger partial charge in [0.25, 0.3) is 0 Å². The topological polar surface area (TPSA) is 84.9 Å². The van der Waals surface area contributed by atoms with E-state index in [9.17, 15) is 9.59 Å². The first-order chi connectivity index (χ1) is 14.0. The van der Waals surface area contributed by atoms with Gasteiger partial charge in [-0.3, -0.25) is 4.79 Å². The van der Waals surface area contributed by atoms with E-state index in [0.717, 1.165) is 0 Å². The number of hydrogen-bond donors (Lipinski definition) is 2. The molecule has 0 spiro atoms. The van der Waals surface area contributed by atoms with Crippen molar-refractivity contribution in [3.63, 3.8) is 0 Å². The third kappa shape index (κ3) is 4.27. The van der Waals surface area contributed by atoms with Gasteiger partial charge >= 0.3 is 12.1 Å². The van der Waals surface area contributed by atoms with Crippen molar-refractivity contribution in [2.45, 2.75) is 50.4 Å². The van der Waals surface area contributed by atoms with Crippen molar-refractivity contribution in [2.75, 3.05) is 6.61 Å². The van der Waals surface area contributed by atoms with E-state index >= 15 is 0 Å². The lowest BCUT2D eigenvalue weighted by Gasteiger charge is -2.33. The molecular formula is C23H25NO5. The van der Waals surface area contributed by atoms with Crippen LogP contribution in [0.1, 0.15) is 43.2 Å². The average molecular weight is 395 g/mol. The van der Waals surface area contributed by atoms with E-state index in [4.69, 9.17) is 14.6 Å². The summed E-state index contributed by atoms with van der Waals surface area (Å²) in [6.07, 6.45) is 0.0797. The Bertz CT molecular complexity index is 866. The van der Waals surface area contributed by atoms with Crippen molar-refractivity contribution in [3.8, 4) is 11.1 Å². The third-order valence-corrected chi connectivity index (χ3v) is 5.66. The maximum absolute atomic E-state index is 12.4. The second kappa shape index (κ2) is 8.25. The molecule has 1 saturated heterocycles. The maximum Gasteiger partial charge on any atom is 0.407 e. The molecule has 29 heavy (non-hydrogen) atoms. The van der Waals surface area contributed by atoms with Crippen LogP contribution in [0.25, 0.3) is 11.1 Å². The summed E-state index contributed by atoms with van der Waals surface area (Å²) in [6, 6.07) is 16.2. The van der Waals surface area contributed by atoms with E-state index in [0.29, 0.717) is 12.8 Å². The van der Waals surface area contributed by atoms with E-state index < -0.39 is 18.2 Å². The van der Waals surface area contributed by atoms with Gasteiger partial charge < -0.3 is 19.9 Å². The number of carboxylic acids is 1. The molecule has 152 valence electrons. The molecule has 2 aromatic carbocycles. The number of ether oxygens (including phenoxy) is 2. The van der Waals surface area contributed by atoms with Crippen LogP contribution >= 0.6 is 0 Å². The van der Waals surface area contributed by atoms with Gasteiger partial charge in [-0.1, -0.05) is 48.5 Å². The van der Waals surface area contributed by atoms with Gasteiger partial charge in [0.1, 0.15) is 6.61 Å². The zero-order valence-electron chi connectivity index (χ0n) is 16.3. The number of amides is 1. The highest BCUT2D eigenvalue weighted by atomic mass is 16.5. The predicted octanol–water partition coefficient (Wildman–Crippen LogP) is 3.94. The highest BCUT2D eigenvalue weighted by Crippen LogP contribution is 2.44. The summed E-state index contributed by atoms with van der Waals surface area (Å²) in [5.41, 5.74) is 4.71. The minimum absolute atomic E-state index is 0.0153. The van der Waals surface area contributed by atoms with Gasteiger partial charge in [-0.25, -0.2) is 4.79 Å². The number of hydrogen-bond acceptors (Lipinski definition) is 4. The number of carboxylic acid groups (broad SMARTS) is 1. The van der Waals surface area contributed by atoms with Gasteiger partial charge in [0, 0.05) is 12.0 Å². The van der Waals surface area contributed by atoms with Crippen LogP contribution in [0.15, 0.2) is 48.5 Å². The predicted molar refractivity (Wildman–Crippen MR) is 108 cm³/mol. The van der Waals surface area contributed by atoms with Gasteiger partial charge in [-0.2, -0.15) is 0 Å². The van der Waals surface area contributed by atoms with Gasteiger partial charge in [-0.05, 0) is 42.0 Å². The number of carbonyl (C=O) groups excluding carboxylic acids is 1. The molecule has 1 aliphatic carbocycles. The Morgan fingerprint density at radius 3 is 2.31 bits per heavy atom. The highest BCUT2D eigenvalue weighted by molar-refractivity contribution is 5.79. The monoisotopic (exact) mass is 395 g/mol. The Balaban J connectivity index is 1.38. The van der Waals surface area contributed by atoms with Crippen LogP contribution in [0.4, 0.5) is 4.79 Å². The summed E-state index contributed by atoms with van der Waals surface area (Å²) in [5, 5.41) is 11.9. The molecular weight excluding hydrogens is 370 g/mol. The maximum atomic E-state index is 12.4. The molecule has 2 aromatic rings. The van der Waals surface area contributed by atoms with Gasteiger partial charge in [0.05, 0.1) is 18.6 Å². The van der Waals surface area contributed by atoms with Crippen LogP contribution in [0.5, 0.6) is 0 Å². The van der Waals surface area contributed by atoms with Gasteiger partial charge in [0.15, 0.2) is 0 Å². The molecule has 0 saturated carbocycles. The Morgan fingerprint density at radius 2 is 1.69 bits per heavy atom. The van der Waals surface area contributed by atoms with Crippen molar-refractivity contribution in [2.24, 2.45) is 0 Å². The van der Waals surface area contributed by atoms with Crippen molar-refractivity contribution >= 4 is 12.1 Å². The fourth-order valence-corrected chi connectivity index (χ4v) is 4.50. The first-order valence-corrected chi connectivity index (χ1v) is 10.00. The van der Waals surface area contributed by atoms with Crippen LogP contribution in [0.2, 0.25) is 0 Å². The first kappa shape index (κ1) is 19.5. The van der Waals surface area contributed by atoms with Crippen molar-refractivity contribution < 1.29 is 24.2 Å². The summed E-state index contributed by atoms with van der Waals surface area (Å²) in [7, 11) is 0. The summed E-state index contributed by atoms with van der Waals surface area (Å²) < 4.78 is 11.2. The molecule has 1 fully saturated rings. The highest BCUT2D eigenvalue weighted by Gasteiger charge is 2.31. The Labute approximate surface area is 169 Å². The molecule has 1 heterocycles. The number of nitrogens with one attached hydrogen (secondary N) is 1. The molecule has 6 nitrogen and oxygen atoms in total. The van der Waals surface area contributed by atoms with Crippen LogP contribution in [0.3, 0.4) is 0 Å². The minimum Gasteiger partial charge on any atom is -0.481 e. The van der Waals surface area contributed by atoms with Gasteiger partial charge in [0.2, 0.25) is 0 Å². The standard InChI is InChI=1S/C23H25NO5/c1-14-10-15(11-16(29-14)12-22(25)26)24-23(27)28-13-21-19-8-4-2-6-17(19)18-7-3-5-9-20(18)21/h2-9,14-16,21H,10-13H2,1H3,(H,24,27)(H,25,26)/t14-,15+,16-/m0/s1. The molecule has 6 heteroatoms. The lowest BCUT2D eigenvalue weighted by Crippen LogP contribution is -2.45. The second-order valence-corrected chi connectivity index (χ2v) is 7.80. The number of benzene rings is 2. The van der Waals surface area contributed by atoms with E-state index in [1.165, 1.54) is 22.3 Å². The molecule has 4 rings (SSSR count). The summed E-state index contributed by atoms with van der Waals surface area (Å²) in [5.74, 6) is -0.884. The average Bonchev–Trinajstić information content (AvgIpc) is 2.99. The Hall–Kier alpha value is -2.86. The second-order valence-electron chi connectivity index (χ2n) is 7.80. The van der Waals surface area contributed by atoms with E-state index in [-0.39, 0.29) is 31.1 Å². The minimum atomic E-state index is -0.899. The Morgan fingerprint density at radius 1 is 1.07 bits per heavy atom. The molecule has 3 atom stereocenters. The number of fused-ring (bicyclic) bond motifs is 3. The molecule has 1 aliphatic heterocycles. The lowest BCUT2D eigenvalue weighted by molar-refractivity contribution is -0.143. The zero-order valence-corrected chi connectivity index (χ0v) is 16.3. The number of carbonyl (C=O) groups is 2. The molecule has 0 bridgehead atoms. The number of alkyl carbamates (subject to hydrolysis) is 1. The van der Waals surface area contributed by atoms with Crippen molar-refractivity contribution in [3.05, 3.63) is 59.7 Å². The molecule has 1 amide bonds. The molecule has 0 aromatic heterocycles. The quantitative estimate of drug-likeness (QED) is 0.801.